The Labute approximate surface area is 162 Å². The summed E-state index contributed by atoms with van der Waals surface area (Å²) in [7, 11) is -1.29. The Kier molecular flexibility index (Phi) is 6.59. The summed E-state index contributed by atoms with van der Waals surface area (Å²) in [5, 5.41) is 0.479. The number of ketones is 1. The topological polar surface area (TPSA) is 98.8 Å². The quantitative estimate of drug-likeness (QED) is 0.555. The average molecular weight is 412 g/mol. The second-order valence-corrected chi connectivity index (χ2v) is 7.78. The van der Waals surface area contributed by atoms with Gasteiger partial charge in [-0.2, -0.15) is 0 Å². The first-order chi connectivity index (χ1) is 12.7. The van der Waals surface area contributed by atoms with E-state index in [0.717, 1.165) is 6.07 Å². The number of nitrogens with one attached hydrogen (secondary N) is 1. The standard InChI is InChI=1S/C18H18ClNO6S/c1-11(17(21)12-4-7-14(19)8-5-12)26-18(22)13-6-9-15(25-3)16(10-13)27(23,24)20-2/h4-11,20H,1-3H3/t11-/m0/s1. The number of sulfonamides is 1. The highest BCUT2D eigenvalue weighted by atomic mass is 35.5. The fourth-order valence-electron chi connectivity index (χ4n) is 2.25. The molecule has 0 saturated carbocycles. The van der Waals surface area contributed by atoms with Crippen molar-refractivity contribution in [3.05, 3.63) is 58.6 Å². The Morgan fingerprint density at radius 1 is 1.07 bits per heavy atom. The van der Waals surface area contributed by atoms with Crippen LogP contribution < -0.4 is 9.46 Å². The summed E-state index contributed by atoms with van der Waals surface area (Å²) in [5.74, 6) is -1.16. The summed E-state index contributed by atoms with van der Waals surface area (Å²) >= 11 is 5.79. The molecule has 0 aliphatic carbocycles. The van der Waals surface area contributed by atoms with Crippen molar-refractivity contribution in [2.75, 3.05) is 14.2 Å². The monoisotopic (exact) mass is 411 g/mol. The minimum absolute atomic E-state index is 0.0274. The number of esters is 1. The molecule has 27 heavy (non-hydrogen) atoms. The molecule has 0 spiro atoms. The van der Waals surface area contributed by atoms with Gasteiger partial charge in [0.1, 0.15) is 10.6 Å². The average Bonchev–Trinajstić information content (AvgIpc) is 2.67. The van der Waals surface area contributed by atoms with Gasteiger partial charge in [-0.3, -0.25) is 4.79 Å². The molecule has 144 valence electrons. The Balaban J connectivity index is 2.23. The summed E-state index contributed by atoms with van der Waals surface area (Å²) in [6.07, 6.45) is -1.06. The number of halogens is 1. The molecule has 2 aromatic carbocycles. The van der Waals surface area contributed by atoms with Gasteiger partial charge in [0, 0.05) is 10.6 Å². The van der Waals surface area contributed by atoms with E-state index in [4.69, 9.17) is 21.1 Å². The first-order valence-corrected chi connectivity index (χ1v) is 9.68. The van der Waals surface area contributed by atoms with Gasteiger partial charge in [0.25, 0.3) is 0 Å². The lowest BCUT2D eigenvalue weighted by Gasteiger charge is -2.14. The molecule has 0 bridgehead atoms. The highest BCUT2D eigenvalue weighted by Crippen LogP contribution is 2.25. The lowest BCUT2D eigenvalue weighted by molar-refractivity contribution is 0.0318. The number of Topliss-reactive ketones (excluding diaryl/α,β-unsaturated/α-hetero) is 1. The maximum absolute atomic E-state index is 12.4. The molecule has 1 atom stereocenters. The van der Waals surface area contributed by atoms with E-state index in [2.05, 4.69) is 4.72 Å². The first-order valence-electron chi connectivity index (χ1n) is 7.82. The highest BCUT2D eigenvalue weighted by Gasteiger charge is 2.24. The molecule has 2 rings (SSSR count). The predicted molar refractivity (Wildman–Crippen MR) is 99.9 cm³/mol. The molecule has 0 aliphatic rings. The Morgan fingerprint density at radius 2 is 1.67 bits per heavy atom. The second-order valence-electron chi connectivity index (χ2n) is 5.49. The van der Waals surface area contributed by atoms with Gasteiger partial charge in [0.2, 0.25) is 15.8 Å². The highest BCUT2D eigenvalue weighted by molar-refractivity contribution is 7.89. The summed E-state index contributed by atoms with van der Waals surface area (Å²) in [5.41, 5.74) is 0.313. The molecule has 0 radical (unpaired) electrons. The van der Waals surface area contributed by atoms with Gasteiger partial charge < -0.3 is 9.47 Å². The number of hydrogen-bond acceptors (Lipinski definition) is 6. The molecule has 0 saturated heterocycles. The van der Waals surface area contributed by atoms with Crippen LogP contribution in [0, 0.1) is 0 Å². The van der Waals surface area contributed by atoms with E-state index >= 15 is 0 Å². The molecule has 9 heteroatoms. The van der Waals surface area contributed by atoms with Gasteiger partial charge in [-0.05, 0) is 56.4 Å². The molecule has 0 aliphatic heterocycles. The van der Waals surface area contributed by atoms with Crippen LogP contribution in [0.4, 0.5) is 0 Å². The zero-order chi connectivity index (χ0) is 20.2. The zero-order valence-corrected chi connectivity index (χ0v) is 16.4. The van der Waals surface area contributed by atoms with Gasteiger partial charge >= 0.3 is 5.97 Å². The van der Waals surface area contributed by atoms with Crippen molar-refractivity contribution in [3.63, 3.8) is 0 Å². The number of hydrogen-bond donors (Lipinski definition) is 1. The van der Waals surface area contributed by atoms with Crippen LogP contribution in [0.1, 0.15) is 27.6 Å². The summed E-state index contributed by atoms with van der Waals surface area (Å²) in [4.78, 5) is 24.5. The predicted octanol–water partition coefficient (Wildman–Crippen LogP) is 2.68. The van der Waals surface area contributed by atoms with Crippen molar-refractivity contribution < 1.29 is 27.5 Å². The molecule has 0 heterocycles. The van der Waals surface area contributed by atoms with Gasteiger partial charge in [0.15, 0.2) is 6.10 Å². The summed E-state index contributed by atoms with van der Waals surface area (Å²) in [6.45, 7) is 1.43. The van der Waals surface area contributed by atoms with E-state index < -0.39 is 27.9 Å². The van der Waals surface area contributed by atoms with E-state index in [-0.39, 0.29) is 16.2 Å². The van der Waals surface area contributed by atoms with Crippen molar-refractivity contribution in [2.45, 2.75) is 17.9 Å². The Bertz CT molecular complexity index is 956. The van der Waals surface area contributed by atoms with Gasteiger partial charge in [-0.25, -0.2) is 17.9 Å². The minimum Gasteiger partial charge on any atom is -0.495 e. The van der Waals surface area contributed by atoms with Crippen LogP contribution in [0.25, 0.3) is 0 Å². The molecule has 0 unspecified atom stereocenters. The van der Waals surface area contributed by atoms with Crippen LogP contribution in [0.2, 0.25) is 5.02 Å². The lowest BCUT2D eigenvalue weighted by Crippen LogP contribution is -2.25. The molecular weight excluding hydrogens is 394 g/mol. The van der Waals surface area contributed by atoms with Crippen LogP contribution in [0.3, 0.4) is 0 Å². The fourth-order valence-corrected chi connectivity index (χ4v) is 3.30. The lowest BCUT2D eigenvalue weighted by atomic mass is 10.1. The van der Waals surface area contributed by atoms with Crippen LogP contribution in [0.5, 0.6) is 5.75 Å². The number of carbonyl (C=O) groups excluding carboxylic acids is 2. The van der Waals surface area contributed by atoms with Gasteiger partial charge in [0.05, 0.1) is 12.7 Å². The normalized spacial score (nSPS) is 12.3. The van der Waals surface area contributed by atoms with Crippen LogP contribution in [0.15, 0.2) is 47.4 Å². The van der Waals surface area contributed by atoms with Gasteiger partial charge in [-0.15, -0.1) is 0 Å². The van der Waals surface area contributed by atoms with Crippen molar-refractivity contribution >= 4 is 33.4 Å². The smallest absolute Gasteiger partial charge is 0.338 e. The molecule has 2 aromatic rings. The van der Waals surface area contributed by atoms with Crippen molar-refractivity contribution in [1.29, 1.82) is 0 Å². The number of benzene rings is 2. The number of methoxy groups -OCH3 is 1. The fraction of sp³-hybridized carbons (Fsp3) is 0.222. The Hall–Kier alpha value is -2.42. The third-order valence-corrected chi connectivity index (χ3v) is 5.43. The number of rotatable bonds is 7. The summed E-state index contributed by atoms with van der Waals surface area (Å²) in [6, 6.07) is 10.00. The van der Waals surface area contributed by atoms with Crippen LogP contribution in [-0.4, -0.2) is 40.4 Å². The van der Waals surface area contributed by atoms with Gasteiger partial charge in [-0.1, -0.05) is 11.6 Å². The van der Waals surface area contributed by atoms with Crippen molar-refractivity contribution in [2.24, 2.45) is 0 Å². The molecule has 1 N–H and O–H groups in total. The molecule has 0 amide bonds. The molecular formula is C18H18ClNO6S. The third kappa shape index (κ3) is 4.85. The Morgan fingerprint density at radius 3 is 2.22 bits per heavy atom. The van der Waals surface area contributed by atoms with E-state index in [1.165, 1.54) is 45.3 Å². The third-order valence-electron chi connectivity index (χ3n) is 3.74. The van der Waals surface area contributed by atoms with Crippen LogP contribution in [-0.2, 0) is 14.8 Å². The maximum atomic E-state index is 12.4. The summed E-state index contributed by atoms with van der Waals surface area (Å²) < 4.78 is 36.5. The molecule has 7 nitrogen and oxygen atoms in total. The van der Waals surface area contributed by atoms with E-state index in [1.807, 2.05) is 0 Å². The van der Waals surface area contributed by atoms with Crippen molar-refractivity contribution in [3.8, 4) is 5.75 Å². The van der Waals surface area contributed by atoms with E-state index in [9.17, 15) is 18.0 Å². The maximum Gasteiger partial charge on any atom is 0.338 e. The molecule has 0 aromatic heterocycles. The second kappa shape index (κ2) is 8.51. The van der Waals surface area contributed by atoms with Crippen molar-refractivity contribution in [1.82, 2.24) is 4.72 Å². The minimum atomic E-state index is -3.85. The van der Waals surface area contributed by atoms with E-state index in [1.54, 1.807) is 12.1 Å². The zero-order valence-electron chi connectivity index (χ0n) is 14.9. The van der Waals surface area contributed by atoms with Crippen LogP contribution >= 0.6 is 11.6 Å². The van der Waals surface area contributed by atoms with E-state index in [0.29, 0.717) is 10.6 Å². The first kappa shape index (κ1) is 20.9. The number of ether oxygens (including phenoxy) is 2. The SMILES string of the molecule is CNS(=O)(=O)c1cc(C(=O)O[C@@H](C)C(=O)c2ccc(Cl)cc2)ccc1OC. The molecule has 0 fully saturated rings. The largest absolute Gasteiger partial charge is 0.495 e. The number of carbonyl (C=O) groups is 2.